The minimum Gasteiger partial charge on any atom is -0.495 e. The number of hydrogen-bond donors (Lipinski definition) is 1. The van der Waals surface area contributed by atoms with E-state index in [1.807, 2.05) is 54.6 Å². The SMILES string of the molecule is COc1ccc(S(=O)(=O)N[C@@H](Cc2ccccc2)C(=O)N2CCN(c3cccc(Cl)c3)CC2)cc1Cl. The molecule has 1 saturated heterocycles. The second kappa shape index (κ2) is 11.5. The van der Waals surface area contributed by atoms with Gasteiger partial charge in [0.2, 0.25) is 15.9 Å². The number of hydrogen-bond acceptors (Lipinski definition) is 5. The molecule has 1 aliphatic rings. The minimum absolute atomic E-state index is 0.0371. The summed E-state index contributed by atoms with van der Waals surface area (Å²) in [6.07, 6.45) is 0.220. The number of methoxy groups -OCH3 is 1. The van der Waals surface area contributed by atoms with Crippen LogP contribution in [-0.2, 0) is 21.2 Å². The van der Waals surface area contributed by atoms with E-state index in [0.29, 0.717) is 37.0 Å². The summed E-state index contributed by atoms with van der Waals surface area (Å²) in [6, 6.07) is 20.2. The average molecular weight is 548 g/mol. The summed E-state index contributed by atoms with van der Waals surface area (Å²) >= 11 is 12.3. The number of halogens is 2. The van der Waals surface area contributed by atoms with Crippen molar-refractivity contribution in [2.24, 2.45) is 0 Å². The second-order valence-corrected chi connectivity index (χ2v) is 11.0. The molecule has 0 aromatic heterocycles. The molecule has 10 heteroatoms. The third-order valence-corrected chi connectivity index (χ3v) is 8.08. The van der Waals surface area contributed by atoms with Crippen molar-refractivity contribution < 1.29 is 17.9 Å². The maximum atomic E-state index is 13.6. The quantitative estimate of drug-likeness (QED) is 0.456. The zero-order valence-corrected chi connectivity index (χ0v) is 22.1. The van der Waals surface area contributed by atoms with Gasteiger partial charge in [0.1, 0.15) is 11.8 Å². The molecule has 190 valence electrons. The number of amides is 1. The highest BCUT2D eigenvalue weighted by Gasteiger charge is 2.31. The zero-order valence-electron chi connectivity index (χ0n) is 19.7. The van der Waals surface area contributed by atoms with Crippen LogP contribution in [0.5, 0.6) is 5.75 Å². The van der Waals surface area contributed by atoms with Gasteiger partial charge in [-0.05, 0) is 48.4 Å². The van der Waals surface area contributed by atoms with Crippen molar-refractivity contribution in [3.63, 3.8) is 0 Å². The second-order valence-electron chi connectivity index (χ2n) is 8.45. The van der Waals surface area contributed by atoms with Crippen LogP contribution in [0, 0.1) is 0 Å². The van der Waals surface area contributed by atoms with Crippen LogP contribution in [0.2, 0.25) is 10.0 Å². The number of piperazine rings is 1. The Kier molecular flexibility index (Phi) is 8.41. The monoisotopic (exact) mass is 547 g/mol. The van der Waals surface area contributed by atoms with Gasteiger partial charge >= 0.3 is 0 Å². The molecule has 36 heavy (non-hydrogen) atoms. The molecule has 1 heterocycles. The van der Waals surface area contributed by atoms with E-state index in [9.17, 15) is 13.2 Å². The number of benzene rings is 3. The minimum atomic E-state index is -4.03. The van der Waals surface area contributed by atoms with Crippen molar-refractivity contribution in [1.82, 2.24) is 9.62 Å². The number of rotatable bonds is 8. The van der Waals surface area contributed by atoms with E-state index < -0.39 is 16.1 Å². The van der Waals surface area contributed by atoms with Gasteiger partial charge in [-0.1, -0.05) is 59.6 Å². The van der Waals surface area contributed by atoms with E-state index in [-0.39, 0.29) is 22.2 Å². The number of carbonyl (C=O) groups is 1. The largest absolute Gasteiger partial charge is 0.495 e. The summed E-state index contributed by atoms with van der Waals surface area (Å²) in [5, 5.41) is 0.824. The van der Waals surface area contributed by atoms with Crippen LogP contribution in [-0.4, -0.2) is 58.6 Å². The highest BCUT2D eigenvalue weighted by molar-refractivity contribution is 7.89. The van der Waals surface area contributed by atoms with Gasteiger partial charge in [0.05, 0.1) is 17.0 Å². The highest BCUT2D eigenvalue weighted by Crippen LogP contribution is 2.27. The molecule has 0 aliphatic carbocycles. The topological polar surface area (TPSA) is 78.9 Å². The molecular formula is C26H27Cl2N3O4S. The first-order valence-corrected chi connectivity index (χ1v) is 13.7. The molecule has 4 rings (SSSR count). The van der Waals surface area contributed by atoms with Crippen molar-refractivity contribution in [2.75, 3.05) is 38.2 Å². The number of nitrogens with one attached hydrogen (secondary N) is 1. The van der Waals surface area contributed by atoms with Gasteiger partial charge in [-0.2, -0.15) is 4.72 Å². The van der Waals surface area contributed by atoms with E-state index in [1.54, 1.807) is 4.90 Å². The summed E-state index contributed by atoms with van der Waals surface area (Å²) in [5.41, 5.74) is 1.84. The maximum absolute atomic E-state index is 13.6. The van der Waals surface area contributed by atoms with Crippen LogP contribution in [0.15, 0.2) is 77.7 Å². The van der Waals surface area contributed by atoms with Crippen molar-refractivity contribution in [2.45, 2.75) is 17.4 Å². The predicted octanol–water partition coefficient (Wildman–Crippen LogP) is 4.24. The normalized spacial score (nSPS) is 15.0. The smallest absolute Gasteiger partial charge is 0.241 e. The summed E-state index contributed by atoms with van der Waals surface area (Å²) in [4.78, 5) is 17.4. The first-order chi connectivity index (χ1) is 17.3. The van der Waals surface area contributed by atoms with Gasteiger partial charge in [0, 0.05) is 36.9 Å². The third-order valence-electron chi connectivity index (χ3n) is 6.08. The van der Waals surface area contributed by atoms with Crippen molar-refractivity contribution in [3.05, 3.63) is 88.4 Å². The van der Waals surface area contributed by atoms with E-state index in [4.69, 9.17) is 27.9 Å². The molecule has 1 aliphatic heterocycles. The van der Waals surface area contributed by atoms with E-state index in [0.717, 1.165) is 11.3 Å². The van der Waals surface area contributed by atoms with Gasteiger partial charge in [0.25, 0.3) is 0 Å². The number of sulfonamides is 1. The number of carbonyl (C=O) groups excluding carboxylic acids is 1. The number of nitrogens with zero attached hydrogens (tertiary/aromatic N) is 2. The lowest BCUT2D eigenvalue weighted by molar-refractivity contribution is -0.133. The summed E-state index contributed by atoms with van der Waals surface area (Å²) in [6.45, 7) is 2.16. The zero-order chi connectivity index (χ0) is 25.7. The molecule has 0 unspecified atom stereocenters. The first kappa shape index (κ1) is 26.3. The third kappa shape index (κ3) is 6.31. The van der Waals surface area contributed by atoms with Gasteiger partial charge in [0.15, 0.2) is 0 Å². The summed E-state index contributed by atoms with van der Waals surface area (Å²) in [5.74, 6) is 0.0953. The molecule has 1 atom stereocenters. The lowest BCUT2D eigenvalue weighted by atomic mass is 10.1. The van der Waals surface area contributed by atoms with E-state index >= 15 is 0 Å². The molecular weight excluding hydrogens is 521 g/mol. The Morgan fingerprint density at radius 2 is 1.69 bits per heavy atom. The standard InChI is InChI=1S/C26H27Cl2N3O4S/c1-35-25-11-10-22(18-23(25)28)36(33,34)29-24(16-19-6-3-2-4-7-19)26(32)31-14-12-30(13-15-31)21-9-5-8-20(27)17-21/h2-11,17-18,24,29H,12-16H2,1H3/t24-/m0/s1. The number of ether oxygens (including phenoxy) is 1. The van der Waals surface area contributed by atoms with Crippen LogP contribution >= 0.6 is 23.2 Å². The molecule has 0 saturated carbocycles. The molecule has 1 fully saturated rings. The average Bonchev–Trinajstić information content (AvgIpc) is 2.88. The summed E-state index contributed by atoms with van der Waals surface area (Å²) in [7, 11) is -2.58. The van der Waals surface area contributed by atoms with E-state index in [2.05, 4.69) is 9.62 Å². The van der Waals surface area contributed by atoms with Crippen LogP contribution in [0.4, 0.5) is 5.69 Å². The molecule has 0 spiro atoms. The van der Waals surface area contributed by atoms with Gasteiger partial charge in [-0.3, -0.25) is 4.79 Å². The first-order valence-electron chi connectivity index (χ1n) is 11.5. The van der Waals surface area contributed by atoms with Gasteiger partial charge in [-0.25, -0.2) is 8.42 Å². The van der Waals surface area contributed by atoms with Gasteiger partial charge < -0.3 is 14.5 Å². The van der Waals surface area contributed by atoms with Crippen molar-refractivity contribution in [3.8, 4) is 5.75 Å². The fourth-order valence-electron chi connectivity index (χ4n) is 4.18. The Bertz CT molecular complexity index is 1310. The van der Waals surface area contributed by atoms with E-state index in [1.165, 1.54) is 25.3 Å². The van der Waals surface area contributed by atoms with Crippen LogP contribution < -0.4 is 14.4 Å². The van der Waals surface area contributed by atoms with Crippen LogP contribution in [0.1, 0.15) is 5.56 Å². The van der Waals surface area contributed by atoms with Gasteiger partial charge in [-0.15, -0.1) is 0 Å². The fraction of sp³-hybridized carbons (Fsp3) is 0.269. The lowest BCUT2D eigenvalue weighted by Gasteiger charge is -2.37. The molecule has 7 nitrogen and oxygen atoms in total. The summed E-state index contributed by atoms with van der Waals surface area (Å²) < 4.78 is 34.2. The predicted molar refractivity (Wildman–Crippen MR) is 143 cm³/mol. The Balaban J connectivity index is 1.52. The van der Waals surface area contributed by atoms with Crippen molar-refractivity contribution in [1.29, 1.82) is 0 Å². The molecule has 3 aromatic carbocycles. The van der Waals surface area contributed by atoms with Crippen molar-refractivity contribution >= 4 is 44.8 Å². The van der Waals surface area contributed by atoms with Crippen LogP contribution in [0.3, 0.4) is 0 Å². The molecule has 0 bridgehead atoms. The fourth-order valence-corrected chi connectivity index (χ4v) is 5.90. The highest BCUT2D eigenvalue weighted by atomic mass is 35.5. The Hall–Kier alpha value is -2.78. The Labute approximate surface area is 221 Å². The molecule has 3 aromatic rings. The molecule has 1 N–H and O–H groups in total. The molecule has 0 radical (unpaired) electrons. The Morgan fingerprint density at radius 1 is 0.972 bits per heavy atom. The van der Waals surface area contributed by atoms with Crippen LogP contribution in [0.25, 0.3) is 0 Å². The Morgan fingerprint density at radius 3 is 2.33 bits per heavy atom. The number of anilines is 1. The molecule has 1 amide bonds. The maximum Gasteiger partial charge on any atom is 0.241 e. The lowest BCUT2D eigenvalue weighted by Crippen LogP contribution is -2.55.